The summed E-state index contributed by atoms with van der Waals surface area (Å²) in [6, 6.07) is 0. The van der Waals surface area contributed by atoms with Gasteiger partial charge in [0.15, 0.2) is 5.03 Å². The highest BCUT2D eigenvalue weighted by atomic mass is 32.2. The van der Waals surface area contributed by atoms with Crippen LogP contribution in [-0.4, -0.2) is 42.2 Å². The van der Waals surface area contributed by atoms with Gasteiger partial charge in [0.05, 0.1) is 6.20 Å². The molecule has 0 saturated carbocycles. The predicted molar refractivity (Wildman–Crippen MR) is 81.3 cm³/mol. The molecule has 0 radical (unpaired) electrons. The molecule has 1 unspecified atom stereocenters. The van der Waals surface area contributed by atoms with E-state index in [0.29, 0.717) is 18.7 Å². The summed E-state index contributed by atoms with van der Waals surface area (Å²) in [6.45, 7) is 5.83. The van der Waals surface area contributed by atoms with Gasteiger partial charge in [0, 0.05) is 23.4 Å². The highest BCUT2D eigenvalue weighted by Crippen LogP contribution is 2.37. The minimum Gasteiger partial charge on any atom is -0.313 e. The molecule has 8 heteroatoms. The van der Waals surface area contributed by atoms with E-state index in [0.717, 1.165) is 25.1 Å². The lowest BCUT2D eigenvalue weighted by atomic mass is 10.1. The SMILES string of the molecule is CCNCc1cn[nH]c1S(=O)(=O)NCC1(C)CCCS1. The van der Waals surface area contributed by atoms with Gasteiger partial charge in [0.1, 0.15) is 0 Å². The number of hydrogen-bond donors (Lipinski definition) is 3. The van der Waals surface area contributed by atoms with Crippen LogP contribution in [-0.2, 0) is 16.6 Å². The molecule has 1 aromatic rings. The average molecular weight is 318 g/mol. The van der Waals surface area contributed by atoms with E-state index in [9.17, 15) is 8.42 Å². The van der Waals surface area contributed by atoms with Crippen molar-refractivity contribution in [1.82, 2.24) is 20.2 Å². The first-order valence-electron chi connectivity index (χ1n) is 6.83. The fourth-order valence-corrected chi connectivity index (χ4v) is 4.85. The Bertz CT molecular complexity index is 535. The van der Waals surface area contributed by atoms with Gasteiger partial charge in [0.2, 0.25) is 0 Å². The number of aromatic nitrogens is 2. The number of H-pyrrole nitrogens is 1. The number of thioether (sulfide) groups is 1. The highest BCUT2D eigenvalue weighted by molar-refractivity contribution is 8.01. The van der Waals surface area contributed by atoms with E-state index in [2.05, 4.69) is 27.2 Å². The molecule has 0 aliphatic carbocycles. The fourth-order valence-electron chi connectivity index (χ4n) is 2.21. The largest absolute Gasteiger partial charge is 0.313 e. The molecular weight excluding hydrogens is 296 g/mol. The molecule has 0 bridgehead atoms. The standard InChI is InChI=1S/C12H22N4O2S2/c1-3-13-7-10-8-14-16-11(10)20(17,18)15-9-12(2)5-4-6-19-12/h8,13,15H,3-7,9H2,1-2H3,(H,14,16). The zero-order valence-corrected chi connectivity index (χ0v) is 13.5. The van der Waals surface area contributed by atoms with Crippen molar-refractivity contribution in [3.63, 3.8) is 0 Å². The Balaban J connectivity index is 2.04. The first-order chi connectivity index (χ1) is 9.47. The Hall–Kier alpha value is -0.570. The molecule has 2 rings (SSSR count). The van der Waals surface area contributed by atoms with Crippen LogP contribution < -0.4 is 10.0 Å². The molecule has 20 heavy (non-hydrogen) atoms. The number of rotatable bonds is 7. The summed E-state index contributed by atoms with van der Waals surface area (Å²) in [5, 5.41) is 9.73. The van der Waals surface area contributed by atoms with Crippen molar-refractivity contribution in [3.05, 3.63) is 11.8 Å². The highest BCUT2D eigenvalue weighted by Gasteiger charge is 2.32. The number of nitrogens with one attached hydrogen (secondary N) is 3. The molecular formula is C12H22N4O2S2. The molecule has 1 aliphatic rings. The van der Waals surface area contributed by atoms with Crippen LogP contribution in [0, 0.1) is 0 Å². The van der Waals surface area contributed by atoms with E-state index >= 15 is 0 Å². The van der Waals surface area contributed by atoms with Crippen molar-refractivity contribution in [2.24, 2.45) is 0 Å². The zero-order valence-electron chi connectivity index (χ0n) is 11.9. The van der Waals surface area contributed by atoms with Crippen LogP contribution in [0.2, 0.25) is 0 Å². The molecule has 1 saturated heterocycles. The summed E-state index contributed by atoms with van der Waals surface area (Å²) in [4.78, 5) is 0. The van der Waals surface area contributed by atoms with Crippen molar-refractivity contribution < 1.29 is 8.42 Å². The first-order valence-corrected chi connectivity index (χ1v) is 9.30. The van der Waals surface area contributed by atoms with Gasteiger partial charge in [-0.15, -0.1) is 0 Å². The van der Waals surface area contributed by atoms with Gasteiger partial charge in [-0.2, -0.15) is 16.9 Å². The Morgan fingerprint density at radius 1 is 1.55 bits per heavy atom. The summed E-state index contributed by atoms with van der Waals surface area (Å²) in [6.07, 6.45) is 3.76. The molecule has 1 aromatic heterocycles. The Kier molecular flexibility index (Phi) is 5.11. The van der Waals surface area contributed by atoms with Crippen LogP contribution in [0.5, 0.6) is 0 Å². The molecule has 6 nitrogen and oxygen atoms in total. The molecule has 0 spiro atoms. The maximum atomic E-state index is 12.4. The van der Waals surface area contributed by atoms with E-state index in [1.807, 2.05) is 18.7 Å². The maximum absolute atomic E-state index is 12.4. The predicted octanol–water partition coefficient (Wildman–Crippen LogP) is 1.08. The van der Waals surface area contributed by atoms with Crippen LogP contribution in [0.3, 0.4) is 0 Å². The molecule has 0 amide bonds. The fraction of sp³-hybridized carbons (Fsp3) is 0.750. The molecule has 0 aromatic carbocycles. The summed E-state index contributed by atoms with van der Waals surface area (Å²) >= 11 is 1.84. The van der Waals surface area contributed by atoms with Crippen LogP contribution in [0.1, 0.15) is 32.3 Å². The molecule has 1 atom stereocenters. The van der Waals surface area contributed by atoms with Gasteiger partial charge in [-0.3, -0.25) is 5.10 Å². The normalized spacial score (nSPS) is 23.3. The lowest BCUT2D eigenvalue weighted by Gasteiger charge is -2.22. The quantitative estimate of drug-likeness (QED) is 0.700. The third kappa shape index (κ3) is 3.75. The second-order valence-corrected chi connectivity index (χ2v) is 8.62. The van der Waals surface area contributed by atoms with Crippen molar-refractivity contribution in [2.45, 2.75) is 43.0 Å². The van der Waals surface area contributed by atoms with Gasteiger partial charge in [0.25, 0.3) is 10.0 Å². The van der Waals surface area contributed by atoms with E-state index in [-0.39, 0.29) is 9.77 Å². The van der Waals surface area contributed by atoms with E-state index in [1.54, 1.807) is 6.20 Å². The topological polar surface area (TPSA) is 86.9 Å². The van der Waals surface area contributed by atoms with Crippen molar-refractivity contribution in [2.75, 3.05) is 18.8 Å². The minimum atomic E-state index is -3.53. The lowest BCUT2D eigenvalue weighted by Crippen LogP contribution is -2.37. The smallest absolute Gasteiger partial charge is 0.257 e. The van der Waals surface area contributed by atoms with Crippen LogP contribution in [0.25, 0.3) is 0 Å². The van der Waals surface area contributed by atoms with Crippen molar-refractivity contribution >= 4 is 21.8 Å². The third-order valence-corrected chi connectivity index (χ3v) is 6.40. The summed E-state index contributed by atoms with van der Waals surface area (Å²) < 4.78 is 27.4. The van der Waals surface area contributed by atoms with Crippen LogP contribution >= 0.6 is 11.8 Å². The monoisotopic (exact) mass is 318 g/mol. The molecule has 1 fully saturated rings. The number of nitrogens with zero attached hydrogens (tertiary/aromatic N) is 1. The van der Waals surface area contributed by atoms with Crippen molar-refractivity contribution in [1.29, 1.82) is 0 Å². The molecule has 3 N–H and O–H groups in total. The van der Waals surface area contributed by atoms with E-state index < -0.39 is 10.0 Å². The van der Waals surface area contributed by atoms with Crippen LogP contribution in [0.4, 0.5) is 0 Å². The van der Waals surface area contributed by atoms with Gasteiger partial charge < -0.3 is 5.32 Å². The Morgan fingerprint density at radius 2 is 2.35 bits per heavy atom. The minimum absolute atomic E-state index is 0.00885. The lowest BCUT2D eigenvalue weighted by molar-refractivity contribution is 0.548. The van der Waals surface area contributed by atoms with Gasteiger partial charge in [-0.05, 0) is 32.1 Å². The van der Waals surface area contributed by atoms with Crippen LogP contribution in [0.15, 0.2) is 11.2 Å². The van der Waals surface area contributed by atoms with Gasteiger partial charge in [-0.1, -0.05) is 6.92 Å². The molecule has 114 valence electrons. The summed E-state index contributed by atoms with van der Waals surface area (Å²) in [5.74, 6) is 1.11. The third-order valence-electron chi connectivity index (χ3n) is 3.45. The van der Waals surface area contributed by atoms with Gasteiger partial charge >= 0.3 is 0 Å². The maximum Gasteiger partial charge on any atom is 0.257 e. The average Bonchev–Trinajstić information content (AvgIpc) is 3.04. The van der Waals surface area contributed by atoms with E-state index in [1.165, 1.54) is 0 Å². The second kappa shape index (κ2) is 6.46. The summed E-state index contributed by atoms with van der Waals surface area (Å²) in [7, 11) is -3.53. The number of sulfonamides is 1. The van der Waals surface area contributed by atoms with Gasteiger partial charge in [-0.25, -0.2) is 13.1 Å². The number of aromatic amines is 1. The zero-order chi connectivity index (χ0) is 14.6. The first kappa shape index (κ1) is 15.8. The molecule has 2 heterocycles. The Labute approximate surface area is 124 Å². The second-order valence-electron chi connectivity index (χ2n) is 5.23. The summed E-state index contributed by atoms with van der Waals surface area (Å²) in [5.41, 5.74) is 0.670. The van der Waals surface area contributed by atoms with Crippen molar-refractivity contribution in [3.8, 4) is 0 Å². The molecule has 1 aliphatic heterocycles. The number of hydrogen-bond acceptors (Lipinski definition) is 5. The Morgan fingerprint density at radius 3 is 3.00 bits per heavy atom. The van der Waals surface area contributed by atoms with E-state index in [4.69, 9.17) is 0 Å².